The van der Waals surface area contributed by atoms with Gasteiger partial charge in [-0.15, -0.1) is 0 Å². The quantitative estimate of drug-likeness (QED) is 0.677. The van der Waals surface area contributed by atoms with Gasteiger partial charge in [0.25, 0.3) is 0 Å². The first-order valence-electron chi connectivity index (χ1n) is 6.28. The lowest BCUT2D eigenvalue weighted by Crippen LogP contribution is -2.48. The van der Waals surface area contributed by atoms with Gasteiger partial charge in [0.15, 0.2) is 0 Å². The van der Waals surface area contributed by atoms with Gasteiger partial charge in [0.05, 0.1) is 28.6 Å². The summed E-state index contributed by atoms with van der Waals surface area (Å²) in [5, 5.41) is 0. The highest BCUT2D eigenvalue weighted by Gasteiger charge is 2.26. The van der Waals surface area contributed by atoms with Crippen LogP contribution >= 0.6 is 15.9 Å². The Kier molecular flexibility index (Phi) is 2.51. The number of benzene rings is 1. The molecule has 1 aliphatic rings. The maximum Gasteiger partial charge on any atom is 0.139 e. The molecule has 0 radical (unpaired) electrons. The largest absolute Gasteiger partial charge is 0.365 e. The SMILES string of the molecule is Fc1cc2c(cc1Br)nc1cc(N3CC(F)C3)ccn12. The number of nitrogens with zero attached hydrogens (tertiary/aromatic N) is 3. The van der Waals surface area contributed by atoms with E-state index < -0.39 is 6.17 Å². The van der Waals surface area contributed by atoms with E-state index >= 15 is 0 Å². The molecule has 0 bridgehead atoms. The van der Waals surface area contributed by atoms with Gasteiger partial charge in [-0.2, -0.15) is 0 Å². The summed E-state index contributed by atoms with van der Waals surface area (Å²) < 4.78 is 28.8. The number of fused-ring (bicyclic) bond motifs is 3. The maximum absolute atomic E-state index is 13.6. The molecule has 6 heteroatoms. The molecule has 2 aromatic heterocycles. The summed E-state index contributed by atoms with van der Waals surface area (Å²) in [5.41, 5.74) is 3.13. The molecule has 20 heavy (non-hydrogen) atoms. The zero-order valence-electron chi connectivity index (χ0n) is 10.4. The minimum atomic E-state index is -0.741. The number of pyridine rings is 1. The summed E-state index contributed by atoms with van der Waals surface area (Å²) in [7, 11) is 0. The molecule has 1 saturated heterocycles. The monoisotopic (exact) mass is 337 g/mol. The van der Waals surface area contributed by atoms with Gasteiger partial charge in [0.2, 0.25) is 0 Å². The molecule has 1 aliphatic heterocycles. The van der Waals surface area contributed by atoms with Crippen molar-refractivity contribution in [3.05, 3.63) is 40.8 Å². The van der Waals surface area contributed by atoms with Crippen molar-refractivity contribution in [2.24, 2.45) is 0 Å². The number of hydrogen-bond acceptors (Lipinski definition) is 2. The number of anilines is 1. The fraction of sp³-hybridized carbons (Fsp3) is 0.214. The first kappa shape index (κ1) is 12.1. The Balaban J connectivity index is 1.88. The van der Waals surface area contributed by atoms with E-state index in [0.717, 1.165) is 22.4 Å². The van der Waals surface area contributed by atoms with Gasteiger partial charge in [-0.1, -0.05) is 0 Å². The lowest BCUT2D eigenvalue weighted by Gasteiger charge is -2.36. The van der Waals surface area contributed by atoms with Crippen LogP contribution in [0.15, 0.2) is 34.9 Å². The Morgan fingerprint density at radius 2 is 2.05 bits per heavy atom. The lowest BCUT2D eigenvalue weighted by molar-refractivity contribution is 0.275. The molecule has 1 fully saturated rings. The maximum atomic E-state index is 13.6. The topological polar surface area (TPSA) is 20.5 Å². The molecular formula is C14H10BrF2N3. The highest BCUT2D eigenvalue weighted by molar-refractivity contribution is 9.10. The van der Waals surface area contributed by atoms with Crippen LogP contribution < -0.4 is 4.90 Å². The average Bonchev–Trinajstić information content (AvgIpc) is 2.72. The van der Waals surface area contributed by atoms with Gasteiger partial charge in [0.1, 0.15) is 17.6 Å². The summed E-state index contributed by atoms with van der Waals surface area (Å²) >= 11 is 3.16. The Hall–Kier alpha value is -1.69. The van der Waals surface area contributed by atoms with E-state index in [4.69, 9.17) is 0 Å². The molecule has 0 saturated carbocycles. The van der Waals surface area contributed by atoms with E-state index in [1.807, 2.05) is 27.6 Å². The molecule has 3 nitrogen and oxygen atoms in total. The normalized spacial score (nSPS) is 16.1. The van der Waals surface area contributed by atoms with Gasteiger partial charge in [0, 0.05) is 24.0 Å². The number of imidazole rings is 1. The molecule has 0 unspecified atom stereocenters. The highest BCUT2D eigenvalue weighted by atomic mass is 79.9. The van der Waals surface area contributed by atoms with Crippen molar-refractivity contribution in [2.75, 3.05) is 18.0 Å². The van der Waals surface area contributed by atoms with Crippen molar-refractivity contribution in [1.82, 2.24) is 9.38 Å². The zero-order chi connectivity index (χ0) is 13.9. The Morgan fingerprint density at radius 3 is 2.80 bits per heavy atom. The molecule has 0 atom stereocenters. The first-order chi connectivity index (χ1) is 9.61. The van der Waals surface area contributed by atoms with Crippen molar-refractivity contribution < 1.29 is 8.78 Å². The minimum absolute atomic E-state index is 0.314. The molecule has 102 valence electrons. The predicted molar refractivity (Wildman–Crippen MR) is 77.5 cm³/mol. The van der Waals surface area contributed by atoms with E-state index in [-0.39, 0.29) is 5.82 Å². The Morgan fingerprint density at radius 1 is 1.25 bits per heavy atom. The van der Waals surface area contributed by atoms with Crippen LogP contribution in [-0.2, 0) is 0 Å². The smallest absolute Gasteiger partial charge is 0.139 e. The second-order valence-electron chi connectivity index (χ2n) is 4.98. The van der Waals surface area contributed by atoms with Gasteiger partial charge >= 0.3 is 0 Å². The van der Waals surface area contributed by atoms with E-state index in [0.29, 0.717) is 17.6 Å². The number of aromatic nitrogens is 2. The summed E-state index contributed by atoms with van der Waals surface area (Å²) in [6, 6.07) is 6.93. The molecule has 0 spiro atoms. The van der Waals surface area contributed by atoms with Crippen molar-refractivity contribution in [2.45, 2.75) is 6.17 Å². The van der Waals surface area contributed by atoms with Crippen molar-refractivity contribution >= 4 is 38.3 Å². The summed E-state index contributed by atoms with van der Waals surface area (Å²) in [6.45, 7) is 0.854. The van der Waals surface area contributed by atoms with Crippen molar-refractivity contribution in [3.63, 3.8) is 0 Å². The highest BCUT2D eigenvalue weighted by Crippen LogP contribution is 2.28. The minimum Gasteiger partial charge on any atom is -0.365 e. The third-order valence-corrected chi connectivity index (χ3v) is 4.24. The van der Waals surface area contributed by atoms with Crippen molar-refractivity contribution in [3.8, 4) is 0 Å². The number of halogens is 3. The molecule has 3 aromatic rings. The van der Waals surface area contributed by atoms with Gasteiger partial charge in [-0.25, -0.2) is 13.8 Å². The van der Waals surface area contributed by atoms with Crippen LogP contribution in [0.3, 0.4) is 0 Å². The number of hydrogen-bond donors (Lipinski definition) is 0. The molecule has 1 aromatic carbocycles. The third kappa shape index (κ3) is 1.71. The number of alkyl halides is 1. The van der Waals surface area contributed by atoms with Crippen LogP contribution in [0.25, 0.3) is 16.7 Å². The molecule has 0 aliphatic carbocycles. The summed E-state index contributed by atoms with van der Waals surface area (Å²) in [5.74, 6) is -0.314. The van der Waals surface area contributed by atoms with Crippen LogP contribution in [0, 0.1) is 5.82 Å². The fourth-order valence-corrected chi connectivity index (χ4v) is 2.86. The van der Waals surface area contributed by atoms with Crippen LogP contribution in [0.2, 0.25) is 0 Å². The van der Waals surface area contributed by atoms with E-state index in [9.17, 15) is 8.78 Å². The van der Waals surface area contributed by atoms with E-state index in [2.05, 4.69) is 20.9 Å². The van der Waals surface area contributed by atoms with Gasteiger partial charge in [-0.05, 0) is 28.1 Å². The lowest BCUT2D eigenvalue weighted by atomic mass is 10.1. The summed E-state index contributed by atoms with van der Waals surface area (Å²) in [6.07, 6.45) is 1.11. The van der Waals surface area contributed by atoms with Crippen LogP contribution in [0.1, 0.15) is 0 Å². The van der Waals surface area contributed by atoms with Crippen LogP contribution in [-0.4, -0.2) is 28.6 Å². The van der Waals surface area contributed by atoms with E-state index in [1.54, 1.807) is 6.07 Å². The number of rotatable bonds is 1. The predicted octanol–water partition coefficient (Wildman–Crippen LogP) is 3.55. The average molecular weight is 338 g/mol. The fourth-order valence-electron chi connectivity index (χ4n) is 2.53. The van der Waals surface area contributed by atoms with Gasteiger partial charge in [-0.3, -0.25) is 4.40 Å². The molecule has 0 amide bonds. The first-order valence-corrected chi connectivity index (χ1v) is 7.07. The molecule has 4 rings (SSSR count). The van der Waals surface area contributed by atoms with E-state index in [1.165, 1.54) is 6.07 Å². The Bertz CT molecular complexity index is 824. The molecular weight excluding hydrogens is 328 g/mol. The Labute approximate surface area is 121 Å². The summed E-state index contributed by atoms with van der Waals surface area (Å²) in [4.78, 5) is 6.44. The second-order valence-corrected chi connectivity index (χ2v) is 5.84. The van der Waals surface area contributed by atoms with Gasteiger partial charge < -0.3 is 4.90 Å². The molecule has 3 heterocycles. The third-order valence-electron chi connectivity index (χ3n) is 3.63. The second kappa shape index (κ2) is 4.15. The van der Waals surface area contributed by atoms with Crippen molar-refractivity contribution in [1.29, 1.82) is 0 Å². The van der Waals surface area contributed by atoms with Crippen LogP contribution in [0.5, 0.6) is 0 Å². The van der Waals surface area contributed by atoms with Crippen LogP contribution in [0.4, 0.5) is 14.5 Å². The standard InChI is InChI=1S/C14H10BrF2N3/c15-10-4-12-13(5-11(10)17)20-2-1-9(3-14(20)18-12)19-6-8(16)7-19/h1-5,8H,6-7H2. The molecule has 0 N–H and O–H groups in total. The zero-order valence-corrected chi connectivity index (χ0v) is 11.9.